The number of aromatic nitrogens is 1. The van der Waals surface area contributed by atoms with Gasteiger partial charge in [-0.1, -0.05) is 18.2 Å². The first-order valence-corrected chi connectivity index (χ1v) is 7.61. The minimum Gasteiger partial charge on any atom is -0.349 e. The van der Waals surface area contributed by atoms with Crippen LogP contribution in [0.1, 0.15) is 30.1 Å². The highest BCUT2D eigenvalue weighted by Crippen LogP contribution is 2.18. The molecule has 2 heterocycles. The van der Waals surface area contributed by atoms with Gasteiger partial charge in [0.15, 0.2) is 0 Å². The number of hydrogen-bond acceptors (Lipinski definition) is 3. The summed E-state index contributed by atoms with van der Waals surface area (Å²) < 4.78 is 0. The molecule has 1 aromatic carbocycles. The Balaban J connectivity index is 1.77. The van der Waals surface area contributed by atoms with Crippen molar-refractivity contribution >= 4 is 16.8 Å². The van der Waals surface area contributed by atoms with Crippen LogP contribution in [0.25, 0.3) is 10.9 Å². The van der Waals surface area contributed by atoms with Gasteiger partial charge in [0.25, 0.3) is 5.91 Å². The van der Waals surface area contributed by atoms with E-state index in [4.69, 9.17) is 0 Å². The number of piperidine rings is 1. The number of pyridine rings is 1. The molecule has 0 radical (unpaired) electrons. The molecule has 1 fully saturated rings. The van der Waals surface area contributed by atoms with Crippen molar-refractivity contribution < 1.29 is 4.79 Å². The fraction of sp³-hybridized carbons (Fsp3) is 0.412. The number of para-hydroxylation sites is 1. The van der Waals surface area contributed by atoms with Gasteiger partial charge in [-0.2, -0.15) is 0 Å². The van der Waals surface area contributed by atoms with Crippen molar-refractivity contribution in [1.82, 2.24) is 15.6 Å². The van der Waals surface area contributed by atoms with E-state index in [1.54, 1.807) is 6.20 Å². The third kappa shape index (κ3) is 3.05. The molecule has 4 heteroatoms. The molecule has 0 saturated carbocycles. The molecular weight excluding hydrogens is 262 g/mol. The summed E-state index contributed by atoms with van der Waals surface area (Å²) >= 11 is 0. The summed E-state index contributed by atoms with van der Waals surface area (Å²) in [5, 5.41) is 7.53. The van der Waals surface area contributed by atoms with Gasteiger partial charge in [0, 0.05) is 17.6 Å². The van der Waals surface area contributed by atoms with Crippen LogP contribution in [-0.2, 0) is 0 Å². The number of amides is 1. The van der Waals surface area contributed by atoms with Crippen LogP contribution in [0, 0.1) is 5.92 Å². The Hall–Kier alpha value is -1.94. The average Bonchev–Trinajstić information content (AvgIpc) is 2.55. The monoisotopic (exact) mass is 283 g/mol. The van der Waals surface area contributed by atoms with Crippen molar-refractivity contribution in [2.24, 2.45) is 5.92 Å². The highest BCUT2D eigenvalue weighted by Gasteiger charge is 2.22. The van der Waals surface area contributed by atoms with Crippen molar-refractivity contribution in [3.63, 3.8) is 0 Å². The molecule has 2 unspecified atom stereocenters. The van der Waals surface area contributed by atoms with Crippen molar-refractivity contribution in [2.45, 2.75) is 25.8 Å². The Kier molecular flexibility index (Phi) is 4.15. The van der Waals surface area contributed by atoms with Crippen LogP contribution in [0.5, 0.6) is 0 Å². The van der Waals surface area contributed by atoms with E-state index < -0.39 is 0 Å². The van der Waals surface area contributed by atoms with Gasteiger partial charge in [0.2, 0.25) is 0 Å². The summed E-state index contributed by atoms with van der Waals surface area (Å²) in [6, 6.07) is 9.77. The number of nitrogens with zero attached hydrogens (tertiary/aromatic N) is 1. The van der Waals surface area contributed by atoms with E-state index in [2.05, 4.69) is 22.5 Å². The van der Waals surface area contributed by atoms with Crippen LogP contribution in [0.4, 0.5) is 0 Å². The second-order valence-electron chi connectivity index (χ2n) is 5.75. The largest absolute Gasteiger partial charge is 0.349 e. The fourth-order valence-electron chi connectivity index (χ4n) is 3.00. The summed E-state index contributed by atoms with van der Waals surface area (Å²) in [5.74, 6) is 0.475. The van der Waals surface area contributed by atoms with E-state index >= 15 is 0 Å². The highest BCUT2D eigenvalue weighted by atomic mass is 16.1. The second kappa shape index (κ2) is 6.22. The van der Waals surface area contributed by atoms with Crippen molar-refractivity contribution in [2.75, 3.05) is 13.1 Å². The third-order valence-corrected chi connectivity index (χ3v) is 4.28. The lowest BCUT2D eigenvalue weighted by molar-refractivity contribution is 0.0923. The van der Waals surface area contributed by atoms with Crippen LogP contribution in [-0.4, -0.2) is 30.0 Å². The van der Waals surface area contributed by atoms with E-state index in [1.807, 2.05) is 30.3 Å². The first-order valence-electron chi connectivity index (χ1n) is 7.61. The van der Waals surface area contributed by atoms with Crippen LogP contribution >= 0.6 is 0 Å². The average molecular weight is 283 g/mol. The van der Waals surface area contributed by atoms with E-state index in [0.717, 1.165) is 24.0 Å². The lowest BCUT2D eigenvalue weighted by Gasteiger charge is -2.29. The summed E-state index contributed by atoms with van der Waals surface area (Å²) in [6.07, 6.45) is 4.08. The summed E-state index contributed by atoms with van der Waals surface area (Å²) in [7, 11) is 0. The smallest absolute Gasteiger partial charge is 0.253 e. The predicted octanol–water partition coefficient (Wildman–Crippen LogP) is 2.35. The zero-order valence-electron chi connectivity index (χ0n) is 12.3. The third-order valence-electron chi connectivity index (χ3n) is 4.28. The molecule has 3 rings (SSSR count). The maximum absolute atomic E-state index is 12.5. The Bertz CT molecular complexity index is 629. The molecule has 21 heavy (non-hydrogen) atoms. The number of fused-ring (bicyclic) bond motifs is 1. The Labute approximate surface area is 125 Å². The molecule has 0 aliphatic carbocycles. The van der Waals surface area contributed by atoms with Gasteiger partial charge in [-0.3, -0.25) is 9.78 Å². The minimum atomic E-state index is -0.0302. The molecule has 0 bridgehead atoms. The SMILES string of the molecule is CC(NC(=O)c1cccc2cccnc12)C1CCCNC1. The molecule has 1 saturated heterocycles. The summed E-state index contributed by atoms with van der Waals surface area (Å²) in [4.78, 5) is 16.9. The highest BCUT2D eigenvalue weighted by molar-refractivity contribution is 6.05. The predicted molar refractivity (Wildman–Crippen MR) is 84.3 cm³/mol. The Morgan fingerprint density at radius 3 is 3.05 bits per heavy atom. The number of hydrogen-bond donors (Lipinski definition) is 2. The van der Waals surface area contributed by atoms with Gasteiger partial charge < -0.3 is 10.6 Å². The lowest BCUT2D eigenvalue weighted by atomic mass is 9.92. The van der Waals surface area contributed by atoms with Crippen LogP contribution in [0.3, 0.4) is 0 Å². The van der Waals surface area contributed by atoms with E-state index in [0.29, 0.717) is 11.5 Å². The normalized spacial score (nSPS) is 20.1. The van der Waals surface area contributed by atoms with Crippen LogP contribution < -0.4 is 10.6 Å². The van der Waals surface area contributed by atoms with E-state index in [-0.39, 0.29) is 11.9 Å². The van der Waals surface area contributed by atoms with Gasteiger partial charge in [0.05, 0.1) is 11.1 Å². The topological polar surface area (TPSA) is 54.0 Å². The zero-order valence-corrected chi connectivity index (χ0v) is 12.3. The first-order chi connectivity index (χ1) is 10.3. The van der Waals surface area contributed by atoms with Crippen LogP contribution in [0.15, 0.2) is 36.5 Å². The van der Waals surface area contributed by atoms with E-state index in [9.17, 15) is 4.79 Å². The quantitative estimate of drug-likeness (QED) is 0.909. The second-order valence-corrected chi connectivity index (χ2v) is 5.75. The van der Waals surface area contributed by atoms with Crippen molar-refractivity contribution in [3.05, 3.63) is 42.1 Å². The fourth-order valence-corrected chi connectivity index (χ4v) is 3.00. The molecule has 1 aromatic heterocycles. The number of benzene rings is 1. The number of carbonyl (C=O) groups excluding carboxylic acids is 1. The van der Waals surface area contributed by atoms with Gasteiger partial charge in [0.1, 0.15) is 0 Å². The molecule has 1 aliphatic heterocycles. The summed E-state index contributed by atoms with van der Waals surface area (Å²) in [5.41, 5.74) is 1.43. The van der Waals surface area contributed by atoms with E-state index in [1.165, 1.54) is 12.8 Å². The standard InChI is InChI=1S/C17H21N3O/c1-12(14-7-3-9-18-11-14)20-17(21)15-8-2-5-13-6-4-10-19-16(13)15/h2,4-6,8,10,12,14,18H,3,7,9,11H2,1H3,(H,20,21). The minimum absolute atomic E-state index is 0.0302. The van der Waals surface area contributed by atoms with Gasteiger partial charge in [-0.25, -0.2) is 0 Å². The van der Waals surface area contributed by atoms with Gasteiger partial charge >= 0.3 is 0 Å². The molecule has 4 nitrogen and oxygen atoms in total. The molecule has 110 valence electrons. The van der Waals surface area contributed by atoms with Crippen molar-refractivity contribution in [1.29, 1.82) is 0 Å². The van der Waals surface area contributed by atoms with Gasteiger partial charge in [-0.05, 0) is 50.9 Å². The Morgan fingerprint density at radius 2 is 2.24 bits per heavy atom. The molecule has 0 spiro atoms. The zero-order chi connectivity index (χ0) is 14.7. The van der Waals surface area contributed by atoms with Gasteiger partial charge in [-0.15, -0.1) is 0 Å². The molecule has 1 amide bonds. The first kappa shape index (κ1) is 14.0. The maximum Gasteiger partial charge on any atom is 0.253 e. The molecule has 1 aliphatic rings. The number of nitrogens with one attached hydrogen (secondary N) is 2. The molecular formula is C17H21N3O. The van der Waals surface area contributed by atoms with Crippen molar-refractivity contribution in [3.8, 4) is 0 Å². The summed E-state index contributed by atoms with van der Waals surface area (Å²) in [6.45, 7) is 4.16. The maximum atomic E-state index is 12.5. The molecule has 2 atom stereocenters. The molecule has 2 N–H and O–H groups in total. The lowest BCUT2D eigenvalue weighted by Crippen LogP contribution is -2.44. The van der Waals surface area contributed by atoms with Crippen LogP contribution in [0.2, 0.25) is 0 Å². The Morgan fingerprint density at radius 1 is 1.38 bits per heavy atom. The number of carbonyl (C=O) groups is 1. The number of rotatable bonds is 3. The molecule has 2 aromatic rings.